The van der Waals surface area contributed by atoms with Crippen molar-refractivity contribution in [2.45, 2.75) is 26.3 Å². The molecule has 0 aliphatic heterocycles. The van der Waals surface area contributed by atoms with Gasteiger partial charge in [-0.1, -0.05) is 37.6 Å². The normalized spacial score (nSPS) is 27.5. The molecule has 0 saturated heterocycles. The zero-order valence-corrected chi connectivity index (χ0v) is 15.6. The first-order valence-electron chi connectivity index (χ1n) is 8.08. The van der Waals surface area contributed by atoms with Crippen LogP contribution >= 0.6 is 11.6 Å². The van der Waals surface area contributed by atoms with Crippen molar-refractivity contribution in [1.29, 1.82) is 0 Å². The van der Waals surface area contributed by atoms with Crippen LogP contribution in [0.15, 0.2) is 47.4 Å². The molecule has 1 unspecified atom stereocenters. The molecule has 7 heteroatoms. The summed E-state index contributed by atoms with van der Waals surface area (Å²) in [6.45, 7) is 4.22. The van der Waals surface area contributed by atoms with Gasteiger partial charge in [-0.05, 0) is 54.0 Å². The monoisotopic (exact) mass is 380 g/mol. The van der Waals surface area contributed by atoms with Crippen molar-refractivity contribution in [3.05, 3.63) is 58.0 Å². The van der Waals surface area contributed by atoms with Gasteiger partial charge in [0, 0.05) is 16.6 Å². The Bertz CT molecular complexity index is 857. The third kappa shape index (κ3) is 3.66. The molecule has 0 aromatic heterocycles. The van der Waals surface area contributed by atoms with Crippen LogP contribution in [0, 0.1) is 17.3 Å². The second kappa shape index (κ2) is 6.27. The van der Waals surface area contributed by atoms with Crippen molar-refractivity contribution in [1.82, 2.24) is 5.32 Å². The van der Waals surface area contributed by atoms with Gasteiger partial charge >= 0.3 is 0 Å². The smallest absolute Gasteiger partial charge is 0.251 e. The molecule has 1 saturated carbocycles. The molecule has 2 aliphatic carbocycles. The molecule has 0 spiro atoms. The maximum Gasteiger partial charge on any atom is 0.251 e. The van der Waals surface area contributed by atoms with E-state index in [4.69, 9.17) is 16.7 Å². The fourth-order valence-electron chi connectivity index (χ4n) is 3.67. The van der Waals surface area contributed by atoms with Gasteiger partial charge in [0.05, 0.1) is 4.91 Å². The van der Waals surface area contributed by atoms with Gasteiger partial charge in [-0.15, -0.1) is 0 Å². The van der Waals surface area contributed by atoms with Crippen LogP contribution in [0.5, 0.6) is 0 Å². The Labute approximate surface area is 153 Å². The molecular weight excluding hydrogens is 360 g/mol. The minimum Gasteiger partial charge on any atom is -0.348 e. The number of nitrogens with two attached hydrogens (primary N) is 1. The molecule has 25 heavy (non-hydrogen) atoms. The topological polar surface area (TPSA) is 89.3 Å². The lowest BCUT2D eigenvalue weighted by atomic mass is 9.91. The van der Waals surface area contributed by atoms with Crippen molar-refractivity contribution in [2.24, 2.45) is 22.4 Å². The predicted molar refractivity (Wildman–Crippen MR) is 98.4 cm³/mol. The number of rotatable bonds is 4. The van der Waals surface area contributed by atoms with Gasteiger partial charge in [0.2, 0.25) is 10.0 Å². The lowest BCUT2D eigenvalue weighted by Crippen LogP contribution is -2.29. The molecule has 1 aromatic rings. The molecule has 134 valence electrons. The number of benzene rings is 1. The minimum atomic E-state index is -3.66. The Hall–Kier alpha value is -1.63. The lowest BCUT2D eigenvalue weighted by Gasteiger charge is -2.16. The third-order valence-electron chi connectivity index (χ3n) is 5.19. The van der Waals surface area contributed by atoms with Gasteiger partial charge in [0.15, 0.2) is 0 Å². The molecule has 1 aromatic carbocycles. The first kappa shape index (κ1) is 18.2. The lowest BCUT2D eigenvalue weighted by molar-refractivity contribution is 0.0944. The first-order valence-corrected chi connectivity index (χ1v) is 10.0. The van der Waals surface area contributed by atoms with Crippen LogP contribution in [0.4, 0.5) is 0 Å². The Morgan fingerprint density at radius 3 is 2.44 bits per heavy atom. The summed E-state index contributed by atoms with van der Waals surface area (Å²) in [6.07, 6.45) is 5.72. The second-order valence-electron chi connectivity index (χ2n) is 7.22. The summed E-state index contributed by atoms with van der Waals surface area (Å²) >= 11 is 5.85. The van der Waals surface area contributed by atoms with Crippen LogP contribution < -0.4 is 10.5 Å². The Morgan fingerprint density at radius 1 is 1.28 bits per heavy atom. The standard InChI is InChI=1S/C18H21ClN2O3S/c1-18(2)15(11-5-9-14(10-6-11)25(20,23)24)16(18)21-17(22)12-3-7-13(19)8-4-12/h3-5,7-11,15-16H,6H2,1-2H3,(H,21,22)(H2,20,23,24)/t11?,15-,16-/m0/s1. The summed E-state index contributed by atoms with van der Waals surface area (Å²) in [5.74, 6) is 0.298. The second-order valence-corrected chi connectivity index (χ2v) is 9.21. The molecule has 0 bridgehead atoms. The van der Waals surface area contributed by atoms with Gasteiger partial charge in [-0.2, -0.15) is 0 Å². The highest BCUT2D eigenvalue weighted by Crippen LogP contribution is 2.57. The number of amides is 1. The van der Waals surface area contributed by atoms with Gasteiger partial charge in [0.25, 0.3) is 5.91 Å². The van der Waals surface area contributed by atoms with Gasteiger partial charge in [-0.3, -0.25) is 4.79 Å². The maximum absolute atomic E-state index is 12.4. The Morgan fingerprint density at radius 2 is 1.92 bits per heavy atom. The number of carbonyl (C=O) groups is 1. The number of hydrogen-bond donors (Lipinski definition) is 2. The largest absolute Gasteiger partial charge is 0.348 e. The molecule has 1 fully saturated rings. The molecule has 3 rings (SSSR count). The molecule has 0 radical (unpaired) electrons. The van der Waals surface area contributed by atoms with Gasteiger partial charge in [0.1, 0.15) is 0 Å². The summed E-state index contributed by atoms with van der Waals surface area (Å²) in [5.41, 5.74) is 0.519. The summed E-state index contributed by atoms with van der Waals surface area (Å²) in [6, 6.07) is 6.81. The minimum absolute atomic E-state index is 0.0368. The third-order valence-corrected chi connectivity index (χ3v) is 6.40. The van der Waals surface area contributed by atoms with Gasteiger partial charge < -0.3 is 5.32 Å². The van der Waals surface area contributed by atoms with Crippen molar-refractivity contribution in [3.8, 4) is 0 Å². The molecule has 5 nitrogen and oxygen atoms in total. The number of allylic oxidation sites excluding steroid dienone is 3. The van der Waals surface area contributed by atoms with Crippen molar-refractivity contribution >= 4 is 27.5 Å². The van der Waals surface area contributed by atoms with E-state index in [9.17, 15) is 13.2 Å². The Balaban J connectivity index is 1.67. The molecule has 3 N–H and O–H groups in total. The fraction of sp³-hybridized carbons (Fsp3) is 0.389. The van der Waals surface area contributed by atoms with Crippen LogP contribution in [-0.4, -0.2) is 20.4 Å². The van der Waals surface area contributed by atoms with E-state index in [1.165, 1.54) is 0 Å². The predicted octanol–water partition coefficient (Wildman–Crippen LogP) is 2.84. The average Bonchev–Trinajstić information content (AvgIpc) is 3.07. The number of primary sulfonamides is 1. The van der Waals surface area contributed by atoms with Crippen molar-refractivity contribution in [2.75, 3.05) is 0 Å². The first-order chi connectivity index (χ1) is 11.6. The SMILES string of the molecule is CC1(C)[C@@H](NC(=O)c2ccc(Cl)cc2)[C@@H]1C1C=CC(S(N)(=O)=O)=CC1. The summed E-state index contributed by atoms with van der Waals surface area (Å²) in [5, 5.41) is 8.83. The van der Waals surface area contributed by atoms with Crippen LogP contribution in [0.2, 0.25) is 5.02 Å². The zero-order valence-electron chi connectivity index (χ0n) is 14.1. The summed E-state index contributed by atoms with van der Waals surface area (Å²) in [4.78, 5) is 12.6. The zero-order chi connectivity index (χ0) is 18.4. The maximum atomic E-state index is 12.4. The molecular formula is C18H21ClN2O3S. The number of sulfonamides is 1. The van der Waals surface area contributed by atoms with E-state index >= 15 is 0 Å². The van der Waals surface area contributed by atoms with E-state index in [1.54, 1.807) is 36.4 Å². The Kier molecular flexibility index (Phi) is 4.56. The molecule has 3 atom stereocenters. The van der Waals surface area contributed by atoms with Crippen LogP contribution in [0.1, 0.15) is 30.6 Å². The number of halogens is 1. The summed E-state index contributed by atoms with van der Waals surface area (Å²) in [7, 11) is -3.66. The van der Waals surface area contributed by atoms with E-state index in [1.807, 2.05) is 6.08 Å². The highest BCUT2D eigenvalue weighted by Gasteiger charge is 2.60. The number of nitrogens with one attached hydrogen (secondary N) is 1. The number of carbonyl (C=O) groups excluding carboxylic acids is 1. The summed E-state index contributed by atoms with van der Waals surface area (Å²) < 4.78 is 22.8. The van der Waals surface area contributed by atoms with Crippen molar-refractivity contribution in [3.63, 3.8) is 0 Å². The van der Waals surface area contributed by atoms with Crippen LogP contribution in [0.25, 0.3) is 0 Å². The number of hydrogen-bond acceptors (Lipinski definition) is 3. The average molecular weight is 381 g/mol. The van der Waals surface area contributed by atoms with Crippen molar-refractivity contribution < 1.29 is 13.2 Å². The van der Waals surface area contributed by atoms with Crippen LogP contribution in [0.3, 0.4) is 0 Å². The van der Waals surface area contributed by atoms with E-state index < -0.39 is 10.0 Å². The highest BCUT2D eigenvalue weighted by molar-refractivity contribution is 7.93. The quantitative estimate of drug-likeness (QED) is 0.841. The van der Waals surface area contributed by atoms with Crippen LogP contribution in [-0.2, 0) is 10.0 Å². The molecule has 2 aliphatic rings. The van der Waals surface area contributed by atoms with E-state index in [0.717, 1.165) is 0 Å². The highest BCUT2D eigenvalue weighted by atomic mass is 35.5. The fourth-order valence-corrected chi connectivity index (χ4v) is 4.40. The van der Waals surface area contributed by atoms with E-state index in [2.05, 4.69) is 19.2 Å². The molecule has 1 amide bonds. The molecule has 0 heterocycles. The van der Waals surface area contributed by atoms with Gasteiger partial charge in [-0.25, -0.2) is 13.6 Å². The van der Waals surface area contributed by atoms with E-state index in [0.29, 0.717) is 17.0 Å². The van der Waals surface area contributed by atoms with E-state index in [-0.39, 0.29) is 34.1 Å².